The standard InChI is InChI=1S/C21H16ClNO5/c1-27-21(26)16-9-5-8-14(19(16)22)12-28-20(25)15-10-17(23-18(24)11-15)13-6-3-2-4-7-13/h2-11H,12H2,1H3,(H,23,24). The molecule has 0 atom stereocenters. The van der Waals surface area contributed by atoms with E-state index < -0.39 is 17.5 Å². The lowest BCUT2D eigenvalue weighted by atomic mass is 10.1. The zero-order valence-electron chi connectivity index (χ0n) is 14.9. The molecule has 0 spiro atoms. The van der Waals surface area contributed by atoms with Crippen molar-refractivity contribution >= 4 is 23.5 Å². The normalized spacial score (nSPS) is 10.4. The highest BCUT2D eigenvalue weighted by Crippen LogP contribution is 2.23. The summed E-state index contributed by atoms with van der Waals surface area (Å²) in [6, 6.07) is 16.6. The Bertz CT molecular complexity index is 1080. The number of carbonyl (C=O) groups excluding carboxylic acids is 2. The van der Waals surface area contributed by atoms with Crippen molar-refractivity contribution in [2.45, 2.75) is 6.61 Å². The number of esters is 2. The molecule has 0 saturated carbocycles. The number of benzene rings is 2. The number of hydrogen-bond acceptors (Lipinski definition) is 5. The molecule has 0 bridgehead atoms. The van der Waals surface area contributed by atoms with E-state index in [1.165, 1.54) is 19.2 Å². The summed E-state index contributed by atoms with van der Waals surface area (Å²) < 4.78 is 9.95. The fraction of sp³-hybridized carbons (Fsp3) is 0.0952. The highest BCUT2D eigenvalue weighted by atomic mass is 35.5. The van der Waals surface area contributed by atoms with Crippen LogP contribution in [0.25, 0.3) is 11.3 Å². The lowest BCUT2D eigenvalue weighted by Gasteiger charge is -2.10. The number of rotatable bonds is 5. The molecule has 0 unspecified atom stereocenters. The number of carbonyl (C=O) groups is 2. The van der Waals surface area contributed by atoms with Gasteiger partial charge in [-0.1, -0.05) is 54.1 Å². The van der Waals surface area contributed by atoms with E-state index >= 15 is 0 Å². The van der Waals surface area contributed by atoms with Crippen LogP contribution in [0.5, 0.6) is 0 Å². The summed E-state index contributed by atoms with van der Waals surface area (Å²) in [6.07, 6.45) is 0. The maximum absolute atomic E-state index is 12.4. The van der Waals surface area contributed by atoms with Crippen LogP contribution in [0.3, 0.4) is 0 Å². The van der Waals surface area contributed by atoms with Crippen LogP contribution in [0.2, 0.25) is 5.02 Å². The predicted molar refractivity (Wildman–Crippen MR) is 104 cm³/mol. The van der Waals surface area contributed by atoms with Crippen LogP contribution in [0.15, 0.2) is 65.5 Å². The molecule has 28 heavy (non-hydrogen) atoms. The van der Waals surface area contributed by atoms with E-state index in [0.29, 0.717) is 11.3 Å². The zero-order chi connectivity index (χ0) is 20.1. The van der Waals surface area contributed by atoms with Gasteiger partial charge in [0.2, 0.25) is 5.56 Å². The Morgan fingerprint density at radius 3 is 2.46 bits per heavy atom. The Morgan fingerprint density at radius 2 is 1.75 bits per heavy atom. The minimum absolute atomic E-state index is 0.114. The molecule has 0 radical (unpaired) electrons. The topological polar surface area (TPSA) is 85.5 Å². The molecule has 1 aromatic heterocycles. The molecule has 6 nitrogen and oxygen atoms in total. The van der Waals surface area contributed by atoms with Crippen molar-refractivity contribution in [2.24, 2.45) is 0 Å². The largest absolute Gasteiger partial charge is 0.465 e. The van der Waals surface area contributed by atoms with Crippen LogP contribution in [0.1, 0.15) is 26.3 Å². The minimum Gasteiger partial charge on any atom is -0.465 e. The predicted octanol–water partition coefficient (Wildman–Crippen LogP) is 3.84. The quantitative estimate of drug-likeness (QED) is 0.661. The number of nitrogens with one attached hydrogen (secondary N) is 1. The smallest absolute Gasteiger partial charge is 0.339 e. The van der Waals surface area contributed by atoms with Crippen LogP contribution in [-0.4, -0.2) is 24.0 Å². The van der Waals surface area contributed by atoms with E-state index in [9.17, 15) is 14.4 Å². The highest BCUT2D eigenvalue weighted by Gasteiger charge is 2.16. The highest BCUT2D eigenvalue weighted by molar-refractivity contribution is 6.34. The van der Waals surface area contributed by atoms with E-state index in [2.05, 4.69) is 9.72 Å². The van der Waals surface area contributed by atoms with E-state index in [0.717, 1.165) is 5.56 Å². The number of aromatic nitrogens is 1. The third kappa shape index (κ3) is 4.29. The first kappa shape index (κ1) is 19.4. The summed E-state index contributed by atoms with van der Waals surface area (Å²) in [5.74, 6) is -1.26. The molecule has 142 valence electrons. The van der Waals surface area contributed by atoms with Crippen LogP contribution in [0.4, 0.5) is 0 Å². The first-order chi connectivity index (χ1) is 13.5. The zero-order valence-corrected chi connectivity index (χ0v) is 15.7. The van der Waals surface area contributed by atoms with E-state index in [4.69, 9.17) is 16.3 Å². The Kier molecular flexibility index (Phi) is 5.91. The molecule has 0 aliphatic heterocycles. The van der Waals surface area contributed by atoms with Crippen molar-refractivity contribution in [3.63, 3.8) is 0 Å². The Labute approximate surface area is 165 Å². The molecule has 0 aliphatic carbocycles. The van der Waals surface area contributed by atoms with Crippen LogP contribution < -0.4 is 5.56 Å². The number of ether oxygens (including phenoxy) is 2. The molecule has 1 heterocycles. The Morgan fingerprint density at radius 1 is 1.00 bits per heavy atom. The number of H-pyrrole nitrogens is 1. The van der Waals surface area contributed by atoms with Gasteiger partial charge in [-0.25, -0.2) is 9.59 Å². The molecule has 2 aromatic carbocycles. The molecule has 0 amide bonds. The van der Waals surface area contributed by atoms with E-state index in [-0.39, 0.29) is 22.8 Å². The molecular formula is C21H16ClNO5. The van der Waals surface area contributed by atoms with Crippen LogP contribution in [-0.2, 0) is 16.1 Å². The van der Waals surface area contributed by atoms with Gasteiger partial charge in [0.15, 0.2) is 0 Å². The molecule has 3 aromatic rings. The fourth-order valence-electron chi connectivity index (χ4n) is 2.62. The van der Waals surface area contributed by atoms with Gasteiger partial charge in [-0.3, -0.25) is 4.79 Å². The average Bonchev–Trinajstić information content (AvgIpc) is 2.72. The summed E-state index contributed by atoms with van der Waals surface area (Å²) in [6.45, 7) is -0.157. The van der Waals surface area contributed by atoms with Gasteiger partial charge in [-0.15, -0.1) is 0 Å². The Hall–Kier alpha value is -3.38. The second-order valence-electron chi connectivity index (χ2n) is 5.86. The molecule has 0 saturated heterocycles. The maximum Gasteiger partial charge on any atom is 0.339 e. The van der Waals surface area contributed by atoms with Gasteiger partial charge in [0, 0.05) is 17.3 Å². The first-order valence-electron chi connectivity index (χ1n) is 8.32. The second-order valence-corrected chi connectivity index (χ2v) is 6.24. The monoisotopic (exact) mass is 397 g/mol. The third-order valence-electron chi connectivity index (χ3n) is 4.01. The van der Waals surface area contributed by atoms with Crippen LogP contribution >= 0.6 is 11.6 Å². The number of aromatic amines is 1. The average molecular weight is 398 g/mol. The maximum atomic E-state index is 12.4. The first-order valence-corrected chi connectivity index (χ1v) is 8.70. The molecule has 7 heteroatoms. The number of pyridine rings is 1. The lowest BCUT2D eigenvalue weighted by Crippen LogP contribution is -2.13. The SMILES string of the molecule is COC(=O)c1cccc(COC(=O)c2cc(-c3ccccc3)[nH]c(=O)c2)c1Cl. The minimum atomic E-state index is -0.678. The van der Waals surface area contributed by atoms with Crippen LogP contribution in [0, 0.1) is 0 Å². The second kappa shape index (κ2) is 8.54. The van der Waals surface area contributed by atoms with Crippen molar-refractivity contribution in [1.29, 1.82) is 0 Å². The summed E-state index contributed by atoms with van der Waals surface area (Å²) in [5, 5.41) is 0.151. The van der Waals surface area contributed by atoms with Gasteiger partial charge in [0.25, 0.3) is 0 Å². The molecule has 3 rings (SSSR count). The van der Waals surface area contributed by atoms with Gasteiger partial charge in [0.1, 0.15) is 6.61 Å². The third-order valence-corrected chi connectivity index (χ3v) is 4.45. The van der Waals surface area contributed by atoms with Gasteiger partial charge in [-0.2, -0.15) is 0 Å². The van der Waals surface area contributed by atoms with Crippen molar-refractivity contribution in [2.75, 3.05) is 7.11 Å². The van der Waals surface area contributed by atoms with Crippen molar-refractivity contribution < 1.29 is 19.1 Å². The number of methoxy groups -OCH3 is 1. The van der Waals surface area contributed by atoms with Gasteiger partial charge >= 0.3 is 11.9 Å². The van der Waals surface area contributed by atoms with Crippen molar-refractivity contribution in [3.05, 3.63) is 92.7 Å². The number of hydrogen-bond donors (Lipinski definition) is 1. The molecular weight excluding hydrogens is 382 g/mol. The lowest BCUT2D eigenvalue weighted by molar-refractivity contribution is 0.0472. The van der Waals surface area contributed by atoms with E-state index in [1.54, 1.807) is 18.2 Å². The number of halogens is 1. The van der Waals surface area contributed by atoms with Gasteiger partial charge in [-0.05, 0) is 17.7 Å². The summed E-state index contributed by atoms with van der Waals surface area (Å²) >= 11 is 6.20. The van der Waals surface area contributed by atoms with E-state index in [1.807, 2.05) is 30.3 Å². The van der Waals surface area contributed by atoms with Crippen molar-refractivity contribution in [3.8, 4) is 11.3 Å². The summed E-state index contributed by atoms with van der Waals surface area (Å²) in [7, 11) is 1.25. The Balaban J connectivity index is 1.80. The van der Waals surface area contributed by atoms with Gasteiger partial charge < -0.3 is 14.5 Å². The van der Waals surface area contributed by atoms with Crippen molar-refractivity contribution in [1.82, 2.24) is 4.98 Å². The summed E-state index contributed by atoms with van der Waals surface area (Å²) in [4.78, 5) is 38.8. The molecule has 0 fully saturated rings. The summed E-state index contributed by atoms with van der Waals surface area (Å²) in [5.41, 5.74) is 1.60. The fourth-order valence-corrected chi connectivity index (χ4v) is 2.88. The van der Waals surface area contributed by atoms with Gasteiger partial charge in [0.05, 0.1) is 23.3 Å². The molecule has 1 N–H and O–H groups in total. The molecule has 0 aliphatic rings.